The molecule has 2 amide bonds. The molecule has 0 aromatic rings. The third-order valence-corrected chi connectivity index (χ3v) is 2.69. The van der Waals surface area contributed by atoms with Crippen LogP contribution in [0.1, 0.15) is 13.3 Å². The van der Waals surface area contributed by atoms with Gasteiger partial charge in [-0.2, -0.15) is 0 Å². The Morgan fingerprint density at radius 2 is 1.85 bits per heavy atom. The van der Waals surface area contributed by atoms with E-state index in [1.807, 2.05) is 6.92 Å². The first-order valence-electron chi connectivity index (χ1n) is 4.68. The summed E-state index contributed by atoms with van der Waals surface area (Å²) in [6.07, 6.45) is 0.831. The zero-order valence-electron chi connectivity index (χ0n) is 7.66. The third kappa shape index (κ3) is 1.16. The number of carbonyl (C=O) groups is 2. The number of fused-ring (bicyclic) bond motifs is 1. The number of hydrogen-bond donors (Lipinski definition) is 0. The Bertz CT molecular complexity index is 229. The van der Waals surface area contributed by atoms with Gasteiger partial charge in [0.05, 0.1) is 25.0 Å². The lowest BCUT2D eigenvalue weighted by Crippen LogP contribution is -2.33. The molecule has 0 N–H and O–H groups in total. The molecule has 72 valence electrons. The summed E-state index contributed by atoms with van der Waals surface area (Å²) in [4.78, 5) is 24.6. The quantitative estimate of drug-likeness (QED) is 0.567. The lowest BCUT2D eigenvalue weighted by Gasteiger charge is -2.13. The molecular weight excluding hydrogens is 170 g/mol. The normalized spacial score (nSPS) is 32.8. The first kappa shape index (κ1) is 8.69. The van der Waals surface area contributed by atoms with Crippen LogP contribution in [-0.4, -0.2) is 36.5 Å². The highest BCUT2D eigenvalue weighted by Gasteiger charge is 2.50. The molecule has 4 nitrogen and oxygen atoms in total. The average molecular weight is 183 g/mol. The molecule has 2 saturated heterocycles. The summed E-state index contributed by atoms with van der Waals surface area (Å²) in [5, 5.41) is 0. The number of ether oxygens (including phenoxy) is 1. The van der Waals surface area contributed by atoms with Gasteiger partial charge in [0.25, 0.3) is 0 Å². The van der Waals surface area contributed by atoms with E-state index in [1.54, 1.807) is 0 Å². The molecule has 2 rings (SSSR count). The van der Waals surface area contributed by atoms with Gasteiger partial charge >= 0.3 is 0 Å². The minimum Gasteiger partial charge on any atom is -0.380 e. The topological polar surface area (TPSA) is 46.6 Å². The summed E-state index contributed by atoms with van der Waals surface area (Å²) in [6.45, 7) is 3.38. The van der Waals surface area contributed by atoms with E-state index in [1.165, 1.54) is 4.90 Å². The van der Waals surface area contributed by atoms with Crippen LogP contribution in [0.15, 0.2) is 0 Å². The van der Waals surface area contributed by atoms with Crippen LogP contribution in [0.3, 0.4) is 0 Å². The van der Waals surface area contributed by atoms with E-state index in [0.717, 1.165) is 6.42 Å². The van der Waals surface area contributed by atoms with Gasteiger partial charge in [-0.3, -0.25) is 14.5 Å². The van der Waals surface area contributed by atoms with E-state index < -0.39 is 0 Å². The van der Waals surface area contributed by atoms with E-state index >= 15 is 0 Å². The van der Waals surface area contributed by atoms with Crippen molar-refractivity contribution in [2.45, 2.75) is 13.3 Å². The molecule has 13 heavy (non-hydrogen) atoms. The van der Waals surface area contributed by atoms with E-state index in [0.29, 0.717) is 19.8 Å². The summed E-state index contributed by atoms with van der Waals surface area (Å²) >= 11 is 0. The van der Waals surface area contributed by atoms with Crippen LogP contribution >= 0.6 is 0 Å². The maximum atomic E-state index is 11.6. The smallest absolute Gasteiger partial charge is 0.235 e. The molecule has 0 aromatic heterocycles. The molecule has 4 heteroatoms. The Morgan fingerprint density at radius 3 is 2.31 bits per heavy atom. The van der Waals surface area contributed by atoms with Crippen LogP contribution in [-0.2, 0) is 14.3 Å². The molecule has 0 aromatic carbocycles. The molecular formula is C9H13NO3. The Hall–Kier alpha value is -0.900. The Labute approximate surface area is 76.8 Å². The fourth-order valence-corrected chi connectivity index (χ4v) is 1.99. The molecule has 2 aliphatic heterocycles. The van der Waals surface area contributed by atoms with Crippen LogP contribution in [0.5, 0.6) is 0 Å². The maximum Gasteiger partial charge on any atom is 0.235 e. The summed E-state index contributed by atoms with van der Waals surface area (Å²) < 4.78 is 5.11. The lowest BCUT2D eigenvalue weighted by atomic mass is 10.00. The van der Waals surface area contributed by atoms with Crippen molar-refractivity contribution in [3.63, 3.8) is 0 Å². The zero-order valence-corrected chi connectivity index (χ0v) is 7.66. The Morgan fingerprint density at radius 1 is 1.31 bits per heavy atom. The molecule has 0 radical (unpaired) electrons. The minimum atomic E-state index is -0.181. The second-order valence-corrected chi connectivity index (χ2v) is 3.58. The van der Waals surface area contributed by atoms with Crippen molar-refractivity contribution < 1.29 is 14.3 Å². The van der Waals surface area contributed by atoms with Gasteiger partial charge in [-0.25, -0.2) is 0 Å². The van der Waals surface area contributed by atoms with Crippen molar-refractivity contribution in [1.29, 1.82) is 0 Å². The Kier molecular flexibility index (Phi) is 2.07. The largest absolute Gasteiger partial charge is 0.380 e. The van der Waals surface area contributed by atoms with Crippen LogP contribution in [0, 0.1) is 11.8 Å². The van der Waals surface area contributed by atoms with E-state index in [2.05, 4.69) is 0 Å². The molecule has 0 spiro atoms. The number of rotatable bonds is 2. The second-order valence-electron chi connectivity index (χ2n) is 3.58. The van der Waals surface area contributed by atoms with Gasteiger partial charge in [-0.05, 0) is 6.42 Å². The molecule has 2 atom stereocenters. The average Bonchev–Trinajstić information content (AvgIpc) is 2.66. The number of nitrogens with zero attached hydrogens (tertiary/aromatic N) is 1. The number of likely N-dealkylation sites (tertiary alicyclic amines) is 1. The molecule has 2 heterocycles. The first-order valence-corrected chi connectivity index (χ1v) is 4.68. The highest BCUT2D eigenvalue weighted by molar-refractivity contribution is 6.05. The summed E-state index contributed by atoms with van der Waals surface area (Å²) in [5.41, 5.74) is 0. The van der Waals surface area contributed by atoms with Crippen molar-refractivity contribution in [3.05, 3.63) is 0 Å². The number of hydrogen-bond acceptors (Lipinski definition) is 3. The molecule has 0 unspecified atom stereocenters. The van der Waals surface area contributed by atoms with Crippen LogP contribution in [0.2, 0.25) is 0 Å². The van der Waals surface area contributed by atoms with Gasteiger partial charge in [0.1, 0.15) is 0 Å². The highest BCUT2D eigenvalue weighted by atomic mass is 16.5. The van der Waals surface area contributed by atoms with Crippen molar-refractivity contribution in [2.24, 2.45) is 11.8 Å². The van der Waals surface area contributed by atoms with Crippen molar-refractivity contribution >= 4 is 11.8 Å². The maximum absolute atomic E-state index is 11.6. The molecule has 2 fully saturated rings. The zero-order chi connectivity index (χ0) is 9.42. The summed E-state index contributed by atoms with van der Waals surface area (Å²) in [7, 11) is 0. The standard InChI is InChI=1S/C9H13NO3/c1-2-3-10-8(11)6-4-13-5-7(6)9(10)12/h6-7H,2-5H2,1H3/t6-,7+. The molecule has 2 aliphatic rings. The van der Waals surface area contributed by atoms with E-state index in [9.17, 15) is 9.59 Å². The molecule has 0 saturated carbocycles. The van der Waals surface area contributed by atoms with Gasteiger partial charge in [-0.15, -0.1) is 0 Å². The van der Waals surface area contributed by atoms with Gasteiger partial charge in [0.15, 0.2) is 0 Å². The fraction of sp³-hybridized carbons (Fsp3) is 0.778. The number of carbonyl (C=O) groups excluding carboxylic acids is 2. The Balaban J connectivity index is 2.16. The number of imide groups is 1. The van der Waals surface area contributed by atoms with Crippen LogP contribution in [0.4, 0.5) is 0 Å². The second kappa shape index (κ2) is 3.10. The van der Waals surface area contributed by atoms with Gasteiger partial charge in [0.2, 0.25) is 11.8 Å². The van der Waals surface area contributed by atoms with Gasteiger partial charge < -0.3 is 4.74 Å². The van der Waals surface area contributed by atoms with E-state index in [4.69, 9.17) is 4.74 Å². The SMILES string of the molecule is CCCN1C(=O)[C@H]2COC[C@H]2C1=O. The highest BCUT2D eigenvalue weighted by Crippen LogP contribution is 2.31. The predicted molar refractivity (Wildman–Crippen MR) is 44.8 cm³/mol. The van der Waals surface area contributed by atoms with E-state index in [-0.39, 0.29) is 23.7 Å². The molecule has 0 bridgehead atoms. The summed E-state index contributed by atoms with van der Waals surface area (Å²) in [6, 6.07) is 0. The molecule has 0 aliphatic carbocycles. The lowest BCUT2D eigenvalue weighted by molar-refractivity contribution is -0.141. The van der Waals surface area contributed by atoms with Crippen LogP contribution < -0.4 is 0 Å². The predicted octanol–water partition coefficient (Wildman–Crippen LogP) is 0.0278. The first-order chi connectivity index (χ1) is 6.25. The fourth-order valence-electron chi connectivity index (χ4n) is 1.99. The van der Waals surface area contributed by atoms with Gasteiger partial charge in [-0.1, -0.05) is 6.92 Å². The van der Waals surface area contributed by atoms with Crippen molar-refractivity contribution in [3.8, 4) is 0 Å². The van der Waals surface area contributed by atoms with Crippen molar-refractivity contribution in [2.75, 3.05) is 19.8 Å². The monoisotopic (exact) mass is 183 g/mol. The van der Waals surface area contributed by atoms with Crippen LogP contribution in [0.25, 0.3) is 0 Å². The minimum absolute atomic E-state index is 0.0330. The van der Waals surface area contributed by atoms with Gasteiger partial charge in [0, 0.05) is 6.54 Å². The van der Waals surface area contributed by atoms with Crippen molar-refractivity contribution in [1.82, 2.24) is 4.90 Å². The summed E-state index contributed by atoms with van der Waals surface area (Å²) in [5.74, 6) is -0.429. The number of amides is 2. The third-order valence-electron chi connectivity index (χ3n) is 2.69.